The third-order valence-electron chi connectivity index (χ3n) is 4.71. The van der Waals surface area contributed by atoms with Crippen molar-refractivity contribution in [2.45, 2.75) is 51.9 Å². The summed E-state index contributed by atoms with van der Waals surface area (Å²) in [7, 11) is 0. The zero-order valence-electron chi connectivity index (χ0n) is 12.3. The van der Waals surface area contributed by atoms with Gasteiger partial charge in [0.05, 0.1) is 0 Å². The maximum Gasteiger partial charge on any atom is 0.314 e. The van der Waals surface area contributed by atoms with Crippen molar-refractivity contribution in [3.8, 4) is 0 Å². The van der Waals surface area contributed by atoms with Gasteiger partial charge in [-0.2, -0.15) is 0 Å². The van der Waals surface area contributed by atoms with Gasteiger partial charge in [-0.3, -0.25) is 4.79 Å². The van der Waals surface area contributed by atoms with E-state index in [1.54, 1.807) is 0 Å². The number of aliphatic carboxylic acids is 1. The Kier molecular flexibility index (Phi) is 4.89. The Bertz CT molecular complexity index is 362. The Hall–Kier alpha value is -1.26. The predicted octanol–water partition coefficient (Wildman–Crippen LogP) is 2.37. The molecule has 114 valence electrons. The lowest BCUT2D eigenvalue weighted by Gasteiger charge is -2.16. The zero-order chi connectivity index (χ0) is 14.6. The first kappa shape index (κ1) is 15.1. The Morgan fingerprint density at radius 1 is 1.25 bits per heavy atom. The maximum absolute atomic E-state index is 11.7. The number of amides is 2. The smallest absolute Gasteiger partial charge is 0.314 e. The third-order valence-corrected chi connectivity index (χ3v) is 4.71. The molecule has 2 amide bonds. The van der Waals surface area contributed by atoms with Gasteiger partial charge in [0.1, 0.15) is 0 Å². The van der Waals surface area contributed by atoms with Gasteiger partial charge in [-0.1, -0.05) is 6.92 Å². The number of carboxylic acid groups (broad SMARTS) is 1. The van der Waals surface area contributed by atoms with Gasteiger partial charge in [-0.25, -0.2) is 4.79 Å². The van der Waals surface area contributed by atoms with Crippen molar-refractivity contribution in [1.29, 1.82) is 0 Å². The number of carbonyl (C=O) groups is 2. The first-order valence-corrected chi connectivity index (χ1v) is 7.75. The Morgan fingerprint density at radius 3 is 2.50 bits per heavy atom. The fraction of sp³-hybridized carbons (Fsp3) is 0.867. The highest BCUT2D eigenvalue weighted by Crippen LogP contribution is 2.60. The summed E-state index contributed by atoms with van der Waals surface area (Å²) in [5.41, 5.74) is 0.437. The van der Waals surface area contributed by atoms with E-state index in [1.807, 2.05) is 6.92 Å². The summed E-state index contributed by atoms with van der Waals surface area (Å²) >= 11 is 0. The lowest BCUT2D eigenvalue weighted by molar-refractivity contribution is -0.137. The van der Waals surface area contributed by atoms with Gasteiger partial charge in [0.2, 0.25) is 0 Å². The van der Waals surface area contributed by atoms with E-state index < -0.39 is 5.97 Å². The molecule has 0 spiro atoms. The van der Waals surface area contributed by atoms with Crippen molar-refractivity contribution in [3.05, 3.63) is 0 Å². The molecule has 0 aromatic rings. The first-order chi connectivity index (χ1) is 9.52. The van der Waals surface area contributed by atoms with E-state index in [-0.39, 0.29) is 12.5 Å². The summed E-state index contributed by atoms with van der Waals surface area (Å²) in [5, 5.41) is 14.4. The minimum Gasteiger partial charge on any atom is -0.481 e. The zero-order valence-corrected chi connectivity index (χ0v) is 12.3. The summed E-state index contributed by atoms with van der Waals surface area (Å²) in [6.45, 7) is 3.45. The SMILES string of the molecule is CC(CCNC(=O)NCC1(C2CC2)CC1)CCC(=O)O. The molecule has 3 N–H and O–H groups in total. The van der Waals surface area contributed by atoms with Gasteiger partial charge in [0, 0.05) is 19.5 Å². The van der Waals surface area contributed by atoms with Crippen LogP contribution in [-0.2, 0) is 4.79 Å². The van der Waals surface area contributed by atoms with Gasteiger partial charge in [0.15, 0.2) is 0 Å². The molecule has 0 aliphatic heterocycles. The Morgan fingerprint density at radius 2 is 1.95 bits per heavy atom. The fourth-order valence-electron chi connectivity index (χ4n) is 2.85. The topological polar surface area (TPSA) is 78.4 Å². The fourth-order valence-corrected chi connectivity index (χ4v) is 2.85. The summed E-state index contributed by atoms with van der Waals surface area (Å²) in [6.07, 6.45) is 6.91. The number of hydrogen-bond donors (Lipinski definition) is 3. The normalized spacial score (nSPS) is 21.1. The van der Waals surface area contributed by atoms with E-state index in [4.69, 9.17) is 5.11 Å². The molecule has 2 rings (SSSR count). The highest BCUT2D eigenvalue weighted by atomic mass is 16.4. The van der Waals surface area contributed by atoms with E-state index in [0.29, 0.717) is 24.3 Å². The van der Waals surface area contributed by atoms with Crippen LogP contribution in [0.5, 0.6) is 0 Å². The second-order valence-corrected chi connectivity index (χ2v) is 6.57. The van der Waals surface area contributed by atoms with E-state index >= 15 is 0 Å². The molecule has 1 unspecified atom stereocenters. The lowest BCUT2D eigenvalue weighted by Crippen LogP contribution is -2.39. The second kappa shape index (κ2) is 6.46. The number of urea groups is 1. The quantitative estimate of drug-likeness (QED) is 0.607. The second-order valence-electron chi connectivity index (χ2n) is 6.57. The van der Waals surface area contributed by atoms with Crippen LogP contribution in [0.1, 0.15) is 51.9 Å². The largest absolute Gasteiger partial charge is 0.481 e. The predicted molar refractivity (Wildman–Crippen MR) is 76.4 cm³/mol. The van der Waals surface area contributed by atoms with Crippen molar-refractivity contribution < 1.29 is 14.7 Å². The van der Waals surface area contributed by atoms with Crippen molar-refractivity contribution in [2.75, 3.05) is 13.1 Å². The van der Waals surface area contributed by atoms with Gasteiger partial charge in [-0.15, -0.1) is 0 Å². The van der Waals surface area contributed by atoms with Crippen molar-refractivity contribution in [3.63, 3.8) is 0 Å². The number of nitrogens with one attached hydrogen (secondary N) is 2. The molecule has 5 heteroatoms. The molecular formula is C15H26N2O3. The van der Waals surface area contributed by atoms with Crippen LogP contribution in [0.25, 0.3) is 0 Å². The molecule has 5 nitrogen and oxygen atoms in total. The third kappa shape index (κ3) is 4.69. The summed E-state index contributed by atoms with van der Waals surface area (Å²) < 4.78 is 0. The Labute approximate surface area is 120 Å². The van der Waals surface area contributed by atoms with Gasteiger partial charge in [0.25, 0.3) is 0 Å². The molecule has 20 heavy (non-hydrogen) atoms. The van der Waals surface area contributed by atoms with Crippen LogP contribution in [0.4, 0.5) is 4.79 Å². The van der Waals surface area contributed by atoms with Gasteiger partial charge >= 0.3 is 12.0 Å². The average Bonchev–Trinajstić information content (AvgIpc) is 3.26. The summed E-state index contributed by atoms with van der Waals surface area (Å²) in [6, 6.07) is -0.0811. The van der Waals surface area contributed by atoms with Crippen LogP contribution >= 0.6 is 0 Å². The number of carbonyl (C=O) groups excluding carboxylic acids is 1. The van der Waals surface area contributed by atoms with Crippen molar-refractivity contribution >= 4 is 12.0 Å². The molecule has 2 aliphatic rings. The van der Waals surface area contributed by atoms with Crippen LogP contribution in [0.3, 0.4) is 0 Å². The number of rotatable bonds is 9. The molecule has 0 saturated heterocycles. The molecule has 0 radical (unpaired) electrons. The number of carboxylic acids is 1. The van der Waals surface area contributed by atoms with E-state index in [0.717, 1.165) is 18.9 Å². The van der Waals surface area contributed by atoms with E-state index in [1.165, 1.54) is 25.7 Å². The number of hydrogen-bond acceptors (Lipinski definition) is 2. The highest BCUT2D eigenvalue weighted by Gasteiger charge is 2.53. The minimum atomic E-state index is -0.752. The lowest BCUT2D eigenvalue weighted by atomic mass is 10.0. The van der Waals surface area contributed by atoms with Crippen LogP contribution in [0.2, 0.25) is 0 Å². The van der Waals surface area contributed by atoms with Crippen molar-refractivity contribution in [2.24, 2.45) is 17.3 Å². The summed E-state index contributed by atoms with van der Waals surface area (Å²) in [4.78, 5) is 22.1. The highest BCUT2D eigenvalue weighted by molar-refractivity contribution is 5.73. The Balaban J connectivity index is 1.50. The molecule has 2 saturated carbocycles. The van der Waals surface area contributed by atoms with Gasteiger partial charge < -0.3 is 15.7 Å². The monoisotopic (exact) mass is 282 g/mol. The molecule has 2 fully saturated rings. The van der Waals surface area contributed by atoms with E-state index in [2.05, 4.69) is 10.6 Å². The molecule has 0 aromatic carbocycles. The van der Waals surface area contributed by atoms with Crippen LogP contribution in [0.15, 0.2) is 0 Å². The first-order valence-electron chi connectivity index (χ1n) is 7.75. The van der Waals surface area contributed by atoms with Gasteiger partial charge in [-0.05, 0) is 55.8 Å². The standard InChI is InChI=1S/C15H26N2O3/c1-11(2-5-13(18)19)6-9-16-14(20)17-10-15(7-8-15)12-3-4-12/h11-12H,2-10H2,1H3,(H,18,19)(H2,16,17,20). The van der Waals surface area contributed by atoms with Crippen molar-refractivity contribution in [1.82, 2.24) is 10.6 Å². The molecule has 0 aromatic heterocycles. The molecule has 2 aliphatic carbocycles. The van der Waals surface area contributed by atoms with Crippen LogP contribution in [-0.4, -0.2) is 30.2 Å². The van der Waals surface area contributed by atoms with Crippen LogP contribution < -0.4 is 10.6 Å². The molecule has 0 bridgehead atoms. The molecule has 1 atom stereocenters. The van der Waals surface area contributed by atoms with Crippen LogP contribution in [0, 0.1) is 17.3 Å². The molecular weight excluding hydrogens is 256 g/mol. The average molecular weight is 282 g/mol. The summed E-state index contributed by atoms with van der Waals surface area (Å²) in [5.74, 6) is 0.434. The molecule has 0 heterocycles. The maximum atomic E-state index is 11.7. The minimum absolute atomic E-state index is 0.0811. The van der Waals surface area contributed by atoms with E-state index in [9.17, 15) is 9.59 Å².